The van der Waals surface area contributed by atoms with Crippen molar-refractivity contribution in [3.8, 4) is 11.1 Å². The molecule has 4 aliphatic rings. The number of anilines is 6. The first kappa shape index (κ1) is 40.8. The lowest BCUT2D eigenvalue weighted by Crippen LogP contribution is -2.73. The largest absolute Gasteiger partial charge is 0.374 e. The number of piperidine rings is 2. The van der Waals surface area contributed by atoms with Gasteiger partial charge in [0.05, 0.1) is 6.20 Å². The summed E-state index contributed by atoms with van der Waals surface area (Å²) in [5.74, 6) is -1.09. The molecule has 4 fully saturated rings. The number of imide groups is 1. The van der Waals surface area contributed by atoms with Gasteiger partial charge in [-0.3, -0.25) is 24.5 Å². The van der Waals surface area contributed by atoms with Gasteiger partial charge in [-0.05, 0) is 104 Å². The van der Waals surface area contributed by atoms with E-state index in [2.05, 4.69) is 53.2 Å². The van der Waals surface area contributed by atoms with Crippen LogP contribution in [0.1, 0.15) is 46.4 Å². The Morgan fingerprint density at radius 3 is 2.27 bits per heavy atom. The lowest BCUT2D eigenvalue weighted by atomic mass is 9.72. The average Bonchev–Trinajstić information content (AvgIpc) is 3.24. The first-order chi connectivity index (χ1) is 30.0. The van der Waals surface area contributed by atoms with Crippen molar-refractivity contribution >= 4 is 69.7 Å². The number of halogens is 2. The summed E-state index contributed by atoms with van der Waals surface area (Å²) in [4.78, 5) is 64.4. The number of aromatic nitrogens is 2. The molecule has 4 aromatic carbocycles. The number of carbonyl (C=O) groups excluding carboxylic acids is 4. The summed E-state index contributed by atoms with van der Waals surface area (Å²) in [5, 5.41) is 12.1. The Bertz CT molecular complexity index is 2520. The lowest BCUT2D eigenvalue weighted by molar-refractivity contribution is -0.133. The number of hydrogen-bond acceptors (Lipinski definition) is 11. The van der Waals surface area contributed by atoms with E-state index in [-0.39, 0.29) is 40.5 Å². The van der Waals surface area contributed by atoms with E-state index in [0.717, 1.165) is 70.5 Å². The van der Waals surface area contributed by atoms with Crippen LogP contribution in [0.25, 0.3) is 11.1 Å². The Labute approximate surface area is 363 Å². The van der Waals surface area contributed by atoms with Crippen LogP contribution < -0.4 is 31.9 Å². The maximum atomic E-state index is 14.9. The number of likely N-dealkylation sites (tertiary alicyclic amines) is 2. The molecule has 9 rings (SSSR count). The van der Waals surface area contributed by atoms with E-state index in [1.54, 1.807) is 66.7 Å². The quantitative estimate of drug-likeness (QED) is 0.0876. The second-order valence-corrected chi connectivity index (χ2v) is 17.2. The van der Waals surface area contributed by atoms with Gasteiger partial charge in [0.1, 0.15) is 6.04 Å². The van der Waals surface area contributed by atoms with Gasteiger partial charge in [0.2, 0.25) is 23.7 Å². The van der Waals surface area contributed by atoms with Crippen LogP contribution in [0.4, 0.5) is 38.9 Å². The molecule has 0 aliphatic carbocycles. The molecule has 0 bridgehead atoms. The van der Waals surface area contributed by atoms with Crippen LogP contribution in [0, 0.1) is 17.2 Å². The van der Waals surface area contributed by atoms with Crippen molar-refractivity contribution in [1.82, 2.24) is 25.1 Å². The summed E-state index contributed by atoms with van der Waals surface area (Å²) in [7, 11) is 0. The van der Waals surface area contributed by atoms with Crippen LogP contribution in [0.2, 0.25) is 5.02 Å². The van der Waals surface area contributed by atoms with Gasteiger partial charge in [-0.25, -0.2) is 9.37 Å². The smallest absolute Gasteiger partial charge is 0.253 e. The molecule has 6 N–H and O–H groups in total. The van der Waals surface area contributed by atoms with Crippen LogP contribution in [-0.2, 0) is 9.59 Å². The monoisotopic (exact) mass is 856 g/mol. The molecule has 318 valence electrons. The standard InChI is InChI=1S/C46H46ClFN10O4/c47-37-4-2-1-3-34(37)36-21-32(11-14-35(36)41(49)60)52-42-38(48)22-50-45(55-42)53-31-7-5-29(6-8-31)44(62)58-26-46(27-58)24-56(25-46)23-28-17-19-57(20-18-28)33-12-9-30(10-13-33)51-39-15-16-40(59)54-43(39)61/h1-14,21-22,28,39,51H,15-20,23-27H2,(H2,49,60)(H,54,59,61)(H2,50,52,53,55). The number of benzene rings is 4. The molecular formula is C46H46ClFN10O4. The predicted octanol–water partition coefficient (Wildman–Crippen LogP) is 6.41. The summed E-state index contributed by atoms with van der Waals surface area (Å²) in [6.07, 6.45) is 4.15. The van der Waals surface area contributed by atoms with E-state index in [1.165, 1.54) is 5.69 Å². The van der Waals surface area contributed by atoms with Gasteiger partial charge in [0.25, 0.3) is 5.91 Å². The molecule has 1 aromatic heterocycles. The van der Waals surface area contributed by atoms with E-state index in [4.69, 9.17) is 17.3 Å². The normalized spacial score (nSPS) is 18.7. The number of nitrogens with two attached hydrogens (primary N) is 1. The second-order valence-electron chi connectivity index (χ2n) is 16.8. The van der Waals surface area contributed by atoms with Crippen molar-refractivity contribution in [3.63, 3.8) is 0 Å². The van der Waals surface area contributed by atoms with E-state index >= 15 is 0 Å². The third-order valence-corrected chi connectivity index (χ3v) is 12.6. The third-order valence-electron chi connectivity index (χ3n) is 12.2. The second kappa shape index (κ2) is 17.1. The highest BCUT2D eigenvalue weighted by Gasteiger charge is 2.53. The summed E-state index contributed by atoms with van der Waals surface area (Å²) >= 11 is 6.42. The van der Waals surface area contributed by atoms with Crippen LogP contribution in [0.5, 0.6) is 0 Å². The van der Waals surface area contributed by atoms with Crippen molar-refractivity contribution in [3.05, 3.63) is 119 Å². The first-order valence-corrected chi connectivity index (χ1v) is 21.2. The molecule has 14 nitrogen and oxygen atoms in total. The van der Waals surface area contributed by atoms with Crippen LogP contribution in [0.3, 0.4) is 0 Å². The number of nitrogens with zero attached hydrogens (tertiary/aromatic N) is 5. The van der Waals surface area contributed by atoms with Crippen molar-refractivity contribution < 1.29 is 23.6 Å². The van der Waals surface area contributed by atoms with E-state index < -0.39 is 17.8 Å². The highest BCUT2D eigenvalue weighted by atomic mass is 35.5. The van der Waals surface area contributed by atoms with E-state index in [1.807, 2.05) is 17.0 Å². The van der Waals surface area contributed by atoms with Crippen molar-refractivity contribution in [2.45, 2.75) is 31.7 Å². The summed E-state index contributed by atoms with van der Waals surface area (Å²) < 4.78 is 14.9. The predicted molar refractivity (Wildman–Crippen MR) is 236 cm³/mol. The van der Waals surface area contributed by atoms with Gasteiger partial charge in [-0.1, -0.05) is 29.8 Å². The minimum Gasteiger partial charge on any atom is -0.374 e. The highest BCUT2D eigenvalue weighted by Crippen LogP contribution is 2.41. The molecule has 5 heterocycles. The van der Waals surface area contributed by atoms with E-state index in [9.17, 15) is 23.6 Å². The number of nitrogens with one attached hydrogen (secondary N) is 4. The molecule has 16 heteroatoms. The zero-order valence-corrected chi connectivity index (χ0v) is 34.6. The molecule has 4 aliphatic heterocycles. The number of hydrogen-bond donors (Lipinski definition) is 5. The van der Waals surface area contributed by atoms with Gasteiger partial charge in [-0.15, -0.1) is 0 Å². The van der Waals surface area contributed by atoms with Crippen molar-refractivity contribution in [2.24, 2.45) is 17.1 Å². The average molecular weight is 857 g/mol. The zero-order valence-electron chi connectivity index (χ0n) is 33.9. The molecule has 1 atom stereocenters. The summed E-state index contributed by atoms with van der Waals surface area (Å²) in [6, 6.07) is 26.7. The third kappa shape index (κ3) is 8.76. The topological polar surface area (TPSA) is 178 Å². The molecule has 0 saturated carbocycles. The maximum absolute atomic E-state index is 14.9. The Balaban J connectivity index is 0.721. The molecule has 1 spiro atoms. The Hall–Kier alpha value is -6.58. The van der Waals surface area contributed by atoms with Crippen LogP contribution in [-0.4, -0.2) is 95.3 Å². The molecule has 1 unspecified atom stereocenters. The van der Waals surface area contributed by atoms with Crippen molar-refractivity contribution in [1.29, 1.82) is 0 Å². The summed E-state index contributed by atoms with van der Waals surface area (Å²) in [5.41, 5.74) is 10.9. The molecule has 4 saturated heterocycles. The van der Waals surface area contributed by atoms with Gasteiger partial charge in [-0.2, -0.15) is 4.98 Å². The Morgan fingerprint density at radius 2 is 1.56 bits per heavy atom. The number of rotatable bonds is 12. The number of amides is 4. The molecule has 62 heavy (non-hydrogen) atoms. The first-order valence-electron chi connectivity index (χ1n) is 20.8. The fourth-order valence-corrected chi connectivity index (χ4v) is 9.31. The van der Waals surface area contributed by atoms with Crippen molar-refractivity contribution in [2.75, 3.05) is 66.7 Å². The van der Waals surface area contributed by atoms with Gasteiger partial charge >= 0.3 is 0 Å². The Morgan fingerprint density at radius 1 is 0.855 bits per heavy atom. The molecular weight excluding hydrogens is 811 g/mol. The van der Waals surface area contributed by atoms with Gasteiger partial charge in [0, 0.05) is 102 Å². The fraction of sp³-hybridized carbons (Fsp3) is 0.304. The van der Waals surface area contributed by atoms with E-state index in [0.29, 0.717) is 51.8 Å². The van der Waals surface area contributed by atoms with Gasteiger partial charge < -0.3 is 36.4 Å². The minimum absolute atomic E-state index is 0.00387. The van der Waals surface area contributed by atoms with Gasteiger partial charge in [0.15, 0.2) is 11.6 Å². The Kier molecular flexibility index (Phi) is 11.2. The maximum Gasteiger partial charge on any atom is 0.253 e. The van der Waals surface area contributed by atoms with Crippen LogP contribution >= 0.6 is 11.6 Å². The SMILES string of the molecule is NC(=O)c1ccc(Nc2nc(Nc3ccc(C(=O)N4CC5(CN(CC6CCN(c7ccc(NC8CCC(=O)NC8=O)cc7)CC6)C5)C4)cc3)ncc2F)cc1-c1ccccc1Cl. The fourth-order valence-electron chi connectivity index (χ4n) is 9.08. The number of primary amides is 1. The molecule has 4 amide bonds. The number of carbonyl (C=O) groups is 4. The molecule has 0 radical (unpaired) electrons. The van der Waals surface area contributed by atoms with Crippen LogP contribution in [0.15, 0.2) is 97.2 Å². The minimum atomic E-state index is -0.680. The summed E-state index contributed by atoms with van der Waals surface area (Å²) in [6.45, 7) is 6.60. The highest BCUT2D eigenvalue weighted by molar-refractivity contribution is 6.33. The zero-order chi connectivity index (χ0) is 43.0. The molecule has 5 aromatic rings. The lowest BCUT2D eigenvalue weighted by Gasteiger charge is -2.61.